The third kappa shape index (κ3) is 5.06. The summed E-state index contributed by atoms with van der Waals surface area (Å²) in [5, 5.41) is 13.9. The molecule has 0 spiro atoms. The average Bonchev–Trinajstić information content (AvgIpc) is 2.65. The third-order valence-electron chi connectivity index (χ3n) is 4.89. The minimum Gasteiger partial charge on any atom is -0.354 e. The van der Waals surface area contributed by atoms with Gasteiger partial charge < -0.3 is 5.32 Å². The molecule has 2 rings (SSSR count). The van der Waals surface area contributed by atoms with Crippen LogP contribution in [0, 0.1) is 23.0 Å². The van der Waals surface area contributed by atoms with E-state index in [1.807, 2.05) is 25.7 Å². The fourth-order valence-electron chi connectivity index (χ4n) is 3.07. The summed E-state index contributed by atoms with van der Waals surface area (Å²) in [7, 11) is -3.84. The van der Waals surface area contributed by atoms with Crippen molar-refractivity contribution < 1.29 is 18.1 Å². The van der Waals surface area contributed by atoms with Gasteiger partial charge in [0.1, 0.15) is 0 Å². The average molecular weight is 413 g/mol. The number of hydrogen-bond acceptors (Lipinski definition) is 6. The predicted molar refractivity (Wildman–Crippen MR) is 105 cm³/mol. The highest BCUT2D eigenvalue weighted by Gasteiger charge is 2.33. The van der Waals surface area contributed by atoms with Gasteiger partial charge in [0, 0.05) is 44.9 Å². The number of nitro benzene ring substituents is 1. The maximum absolute atomic E-state index is 13.0. The van der Waals surface area contributed by atoms with Crippen LogP contribution < -0.4 is 5.32 Å². The van der Waals surface area contributed by atoms with Crippen LogP contribution >= 0.6 is 0 Å². The van der Waals surface area contributed by atoms with E-state index in [9.17, 15) is 23.3 Å². The van der Waals surface area contributed by atoms with Crippen molar-refractivity contribution in [2.75, 3.05) is 32.7 Å². The molecule has 10 heteroatoms. The van der Waals surface area contributed by atoms with Crippen LogP contribution in [0.15, 0.2) is 23.1 Å². The van der Waals surface area contributed by atoms with Crippen molar-refractivity contribution in [1.82, 2.24) is 14.5 Å². The number of sulfonamides is 1. The number of nitrogens with zero attached hydrogens (tertiary/aromatic N) is 3. The van der Waals surface area contributed by atoms with Crippen LogP contribution in [0.4, 0.5) is 5.69 Å². The molecule has 0 aromatic heterocycles. The summed E-state index contributed by atoms with van der Waals surface area (Å²) in [6.07, 6.45) is 0. The van der Waals surface area contributed by atoms with Crippen LogP contribution in [-0.4, -0.2) is 67.2 Å². The number of carbonyl (C=O) groups excluding carboxylic acids is 1. The molecule has 1 fully saturated rings. The molecule has 156 valence electrons. The SMILES string of the molecule is Cc1ccc([N+](=O)[O-])cc1S(=O)(=O)N1CCN([C@H](C)C(=O)NCC(C)C)CC1. The molecule has 9 nitrogen and oxygen atoms in total. The Morgan fingerprint density at radius 2 is 1.82 bits per heavy atom. The molecular weight excluding hydrogens is 384 g/mol. The lowest BCUT2D eigenvalue weighted by Crippen LogP contribution is -2.55. The molecule has 0 bridgehead atoms. The molecule has 0 aliphatic carbocycles. The Morgan fingerprint density at radius 3 is 2.36 bits per heavy atom. The quantitative estimate of drug-likeness (QED) is 0.535. The molecule has 1 amide bonds. The molecule has 1 heterocycles. The van der Waals surface area contributed by atoms with E-state index in [1.165, 1.54) is 16.4 Å². The molecule has 1 N–H and O–H groups in total. The van der Waals surface area contributed by atoms with Gasteiger partial charge in [0.05, 0.1) is 15.9 Å². The Bertz CT molecular complexity index is 832. The number of carbonyl (C=O) groups is 1. The van der Waals surface area contributed by atoms with E-state index in [1.54, 1.807) is 6.92 Å². The third-order valence-corrected chi connectivity index (χ3v) is 6.93. The lowest BCUT2D eigenvalue weighted by Gasteiger charge is -2.37. The summed E-state index contributed by atoms with van der Waals surface area (Å²) < 4.78 is 27.3. The molecule has 1 aromatic rings. The van der Waals surface area contributed by atoms with Crippen molar-refractivity contribution in [1.29, 1.82) is 0 Å². The van der Waals surface area contributed by atoms with E-state index in [2.05, 4.69) is 5.32 Å². The molecule has 28 heavy (non-hydrogen) atoms. The van der Waals surface area contributed by atoms with Crippen LogP contribution in [0.25, 0.3) is 0 Å². The fraction of sp³-hybridized carbons (Fsp3) is 0.611. The van der Waals surface area contributed by atoms with Crippen LogP contribution in [0.5, 0.6) is 0 Å². The summed E-state index contributed by atoms with van der Waals surface area (Å²) in [5.74, 6) is 0.288. The first-order valence-corrected chi connectivity index (χ1v) is 10.7. The molecule has 1 saturated heterocycles. The fourth-order valence-corrected chi connectivity index (χ4v) is 4.74. The predicted octanol–water partition coefficient (Wildman–Crippen LogP) is 1.37. The zero-order valence-corrected chi connectivity index (χ0v) is 17.5. The van der Waals surface area contributed by atoms with Crippen molar-refractivity contribution in [2.45, 2.75) is 38.6 Å². The normalized spacial score (nSPS) is 17.5. The molecule has 1 aliphatic heterocycles. The molecule has 1 atom stereocenters. The van der Waals surface area contributed by atoms with E-state index in [0.717, 1.165) is 6.07 Å². The summed E-state index contributed by atoms with van der Waals surface area (Å²) in [6.45, 7) is 9.36. The Labute approximate surface area is 165 Å². The number of rotatable bonds is 7. The molecular formula is C18H28N4O5S. The van der Waals surface area contributed by atoms with Crippen molar-refractivity contribution in [2.24, 2.45) is 5.92 Å². The van der Waals surface area contributed by atoms with E-state index < -0.39 is 14.9 Å². The van der Waals surface area contributed by atoms with Gasteiger partial charge in [-0.25, -0.2) is 8.42 Å². The maximum Gasteiger partial charge on any atom is 0.270 e. The van der Waals surface area contributed by atoms with Crippen LogP contribution in [0.3, 0.4) is 0 Å². The van der Waals surface area contributed by atoms with Gasteiger partial charge in [-0.3, -0.25) is 19.8 Å². The number of benzene rings is 1. The summed E-state index contributed by atoms with van der Waals surface area (Å²) >= 11 is 0. The standard InChI is InChI=1S/C18H28N4O5S/c1-13(2)12-19-18(23)15(4)20-7-9-21(10-8-20)28(26,27)17-11-16(22(24)25)6-5-14(17)3/h5-6,11,13,15H,7-10,12H2,1-4H3,(H,19,23)/t15-/m1/s1. The van der Waals surface area contributed by atoms with E-state index in [4.69, 9.17) is 0 Å². The Morgan fingerprint density at radius 1 is 1.21 bits per heavy atom. The molecule has 0 radical (unpaired) electrons. The van der Waals surface area contributed by atoms with Crippen molar-refractivity contribution in [3.8, 4) is 0 Å². The number of nitro groups is 1. The van der Waals surface area contributed by atoms with Gasteiger partial charge in [0.25, 0.3) is 5.69 Å². The van der Waals surface area contributed by atoms with Gasteiger partial charge in [-0.05, 0) is 25.3 Å². The molecule has 0 saturated carbocycles. The van der Waals surface area contributed by atoms with E-state index >= 15 is 0 Å². The number of nitrogens with one attached hydrogen (secondary N) is 1. The number of piperazine rings is 1. The first-order valence-electron chi connectivity index (χ1n) is 9.31. The second kappa shape index (κ2) is 8.97. The Kier molecular flexibility index (Phi) is 7.13. The maximum atomic E-state index is 13.0. The van der Waals surface area contributed by atoms with Crippen molar-refractivity contribution in [3.05, 3.63) is 33.9 Å². The first-order chi connectivity index (χ1) is 13.0. The van der Waals surface area contributed by atoms with Gasteiger partial charge in [0.15, 0.2) is 0 Å². The van der Waals surface area contributed by atoms with Gasteiger partial charge in [-0.1, -0.05) is 19.9 Å². The Hall–Kier alpha value is -2.04. The van der Waals surface area contributed by atoms with Gasteiger partial charge in [0.2, 0.25) is 15.9 Å². The highest BCUT2D eigenvalue weighted by atomic mass is 32.2. The highest BCUT2D eigenvalue weighted by Crippen LogP contribution is 2.25. The number of amides is 1. The van der Waals surface area contributed by atoms with Crippen LogP contribution in [0.2, 0.25) is 0 Å². The molecule has 1 aromatic carbocycles. The van der Waals surface area contributed by atoms with Gasteiger partial charge >= 0.3 is 0 Å². The largest absolute Gasteiger partial charge is 0.354 e. The van der Waals surface area contributed by atoms with E-state index in [0.29, 0.717) is 31.1 Å². The highest BCUT2D eigenvalue weighted by molar-refractivity contribution is 7.89. The molecule has 1 aliphatic rings. The molecule has 0 unspecified atom stereocenters. The first kappa shape index (κ1) is 22.3. The topological polar surface area (TPSA) is 113 Å². The van der Waals surface area contributed by atoms with Crippen LogP contribution in [-0.2, 0) is 14.8 Å². The zero-order chi connectivity index (χ0) is 21.1. The summed E-state index contributed by atoms with van der Waals surface area (Å²) in [5.41, 5.74) is 0.215. The second-order valence-corrected chi connectivity index (χ2v) is 9.37. The van der Waals surface area contributed by atoms with Gasteiger partial charge in [-0.2, -0.15) is 4.31 Å². The number of hydrogen-bond donors (Lipinski definition) is 1. The van der Waals surface area contributed by atoms with Crippen molar-refractivity contribution >= 4 is 21.6 Å². The van der Waals surface area contributed by atoms with E-state index in [-0.39, 0.29) is 35.6 Å². The lowest BCUT2D eigenvalue weighted by molar-refractivity contribution is -0.385. The smallest absolute Gasteiger partial charge is 0.270 e. The minimum absolute atomic E-state index is 0.0436. The summed E-state index contributed by atoms with van der Waals surface area (Å²) in [6, 6.07) is 3.51. The zero-order valence-electron chi connectivity index (χ0n) is 16.7. The number of aryl methyl sites for hydroxylation is 1. The lowest BCUT2D eigenvalue weighted by atomic mass is 10.2. The van der Waals surface area contributed by atoms with Crippen molar-refractivity contribution in [3.63, 3.8) is 0 Å². The summed E-state index contributed by atoms with van der Waals surface area (Å²) in [4.78, 5) is 24.5. The monoisotopic (exact) mass is 412 g/mol. The second-order valence-electron chi connectivity index (χ2n) is 7.46. The number of non-ortho nitro benzene ring substituents is 1. The van der Waals surface area contributed by atoms with Crippen LogP contribution in [0.1, 0.15) is 26.3 Å². The Balaban J connectivity index is 2.07. The minimum atomic E-state index is -3.84. The van der Waals surface area contributed by atoms with Gasteiger partial charge in [-0.15, -0.1) is 0 Å².